The third-order valence-electron chi connectivity index (χ3n) is 2.24. The lowest BCUT2D eigenvalue weighted by molar-refractivity contribution is 0.596. The Bertz CT molecular complexity index is 771. The Morgan fingerprint density at radius 3 is 2.33 bits per heavy atom. The Morgan fingerprint density at radius 2 is 1.86 bits per heavy atom. The second-order valence-electron chi connectivity index (χ2n) is 3.87. The van der Waals surface area contributed by atoms with Crippen molar-refractivity contribution in [2.45, 2.75) is 9.79 Å². The summed E-state index contributed by atoms with van der Waals surface area (Å²) < 4.78 is 45.6. The summed E-state index contributed by atoms with van der Waals surface area (Å²) in [6.07, 6.45) is 1.55. The van der Waals surface area contributed by atoms with Gasteiger partial charge in [0.1, 0.15) is 4.90 Å². The van der Waals surface area contributed by atoms with Crippen molar-refractivity contribution >= 4 is 43.1 Å². The largest absolute Gasteiger partial charge is 0.359 e. The molecule has 1 aromatic rings. The molecule has 21 heavy (non-hydrogen) atoms. The van der Waals surface area contributed by atoms with Crippen LogP contribution in [0.25, 0.3) is 0 Å². The van der Waals surface area contributed by atoms with Gasteiger partial charge in [-0.2, -0.15) is 0 Å². The van der Waals surface area contributed by atoms with Crippen molar-refractivity contribution in [1.82, 2.24) is 5.32 Å². The van der Waals surface area contributed by atoms with E-state index >= 15 is 0 Å². The summed E-state index contributed by atoms with van der Waals surface area (Å²) in [7, 11) is -8.23. The molecule has 0 saturated carbocycles. The zero-order chi connectivity index (χ0) is 16.3. The number of sulfonamides is 2. The van der Waals surface area contributed by atoms with E-state index in [0.29, 0.717) is 6.54 Å². The van der Waals surface area contributed by atoms with Crippen LogP contribution < -0.4 is 20.9 Å². The number of anilines is 1. The zero-order valence-corrected chi connectivity index (χ0v) is 13.2. The molecule has 1 rings (SSSR count). The highest BCUT2D eigenvalue weighted by molar-refractivity contribution is 7.90. The molecule has 8 nitrogen and oxygen atoms in total. The minimum Gasteiger partial charge on any atom is -0.359 e. The van der Waals surface area contributed by atoms with Gasteiger partial charge < -0.3 is 10.6 Å². The Hall–Kier alpha value is -1.53. The number of benzene rings is 1. The molecule has 0 amide bonds. The topological polar surface area (TPSA) is 144 Å². The molecule has 0 saturated heterocycles. The minimum atomic E-state index is -4.17. The number of hydrogen-bond acceptors (Lipinski definition) is 5. The van der Waals surface area contributed by atoms with E-state index in [1.807, 2.05) is 0 Å². The lowest BCUT2D eigenvalue weighted by Crippen LogP contribution is -2.29. The SMILES string of the molecule is C=CCNC(=S)Nc1ccc(S(N)(=O)=O)cc1S(N)(=O)=O. The van der Waals surface area contributed by atoms with Crippen molar-refractivity contribution in [3.05, 3.63) is 30.9 Å². The Balaban J connectivity index is 3.27. The van der Waals surface area contributed by atoms with Crippen LogP contribution in [0.3, 0.4) is 0 Å². The maximum Gasteiger partial charge on any atom is 0.240 e. The van der Waals surface area contributed by atoms with Gasteiger partial charge in [0, 0.05) is 6.54 Å². The number of primary sulfonamides is 2. The smallest absolute Gasteiger partial charge is 0.240 e. The highest BCUT2D eigenvalue weighted by Gasteiger charge is 2.19. The number of nitrogens with one attached hydrogen (secondary N) is 2. The van der Waals surface area contributed by atoms with E-state index in [1.165, 1.54) is 6.07 Å². The van der Waals surface area contributed by atoms with Crippen molar-refractivity contribution in [3.63, 3.8) is 0 Å². The third kappa shape index (κ3) is 5.06. The maximum atomic E-state index is 11.6. The second kappa shape index (κ2) is 6.49. The Labute approximate surface area is 128 Å². The van der Waals surface area contributed by atoms with Gasteiger partial charge in [-0.3, -0.25) is 0 Å². The summed E-state index contributed by atoms with van der Waals surface area (Å²) >= 11 is 4.94. The zero-order valence-electron chi connectivity index (χ0n) is 10.7. The van der Waals surface area contributed by atoms with Gasteiger partial charge in [-0.05, 0) is 30.4 Å². The van der Waals surface area contributed by atoms with Crippen LogP contribution in [0.2, 0.25) is 0 Å². The molecule has 1 aromatic carbocycles. The molecule has 0 heterocycles. The lowest BCUT2D eigenvalue weighted by Gasteiger charge is -2.13. The summed E-state index contributed by atoms with van der Waals surface area (Å²) in [6.45, 7) is 3.86. The molecule has 0 bridgehead atoms. The summed E-state index contributed by atoms with van der Waals surface area (Å²) in [5, 5.41) is 15.5. The van der Waals surface area contributed by atoms with Crippen molar-refractivity contribution < 1.29 is 16.8 Å². The number of rotatable bonds is 5. The van der Waals surface area contributed by atoms with Crippen molar-refractivity contribution in [2.24, 2.45) is 10.3 Å². The quantitative estimate of drug-likeness (QED) is 0.412. The predicted molar refractivity (Wildman–Crippen MR) is 83.6 cm³/mol. The third-order valence-corrected chi connectivity index (χ3v) is 4.35. The number of thiocarbonyl (C=S) groups is 1. The molecule has 0 atom stereocenters. The molecule has 0 fully saturated rings. The van der Waals surface area contributed by atoms with E-state index in [2.05, 4.69) is 17.2 Å². The van der Waals surface area contributed by atoms with Crippen LogP contribution in [0.5, 0.6) is 0 Å². The van der Waals surface area contributed by atoms with Crippen LogP contribution in [0, 0.1) is 0 Å². The Kier molecular flexibility index (Phi) is 5.42. The molecule has 11 heteroatoms. The Morgan fingerprint density at radius 1 is 1.24 bits per heavy atom. The van der Waals surface area contributed by atoms with Gasteiger partial charge in [0.15, 0.2) is 5.11 Å². The van der Waals surface area contributed by atoms with E-state index < -0.39 is 24.9 Å². The summed E-state index contributed by atoms with van der Waals surface area (Å²) in [6, 6.07) is 3.22. The van der Waals surface area contributed by atoms with Gasteiger partial charge in [-0.1, -0.05) is 6.08 Å². The fourth-order valence-corrected chi connectivity index (χ4v) is 2.87. The molecular formula is C10H14N4O4S3. The summed E-state index contributed by atoms with van der Waals surface area (Å²) in [4.78, 5) is -0.807. The number of nitrogens with two attached hydrogens (primary N) is 2. The highest BCUT2D eigenvalue weighted by atomic mass is 32.2. The fraction of sp³-hybridized carbons (Fsp3) is 0.100. The van der Waals surface area contributed by atoms with Gasteiger partial charge in [-0.15, -0.1) is 6.58 Å². The molecule has 0 aliphatic rings. The van der Waals surface area contributed by atoms with Crippen LogP contribution >= 0.6 is 12.2 Å². The molecule has 0 unspecified atom stereocenters. The van der Waals surface area contributed by atoms with Gasteiger partial charge >= 0.3 is 0 Å². The molecular weight excluding hydrogens is 336 g/mol. The van der Waals surface area contributed by atoms with E-state index in [0.717, 1.165) is 12.1 Å². The van der Waals surface area contributed by atoms with Crippen LogP contribution in [0.4, 0.5) is 5.69 Å². The molecule has 0 spiro atoms. The summed E-state index contributed by atoms with van der Waals surface area (Å²) in [5.41, 5.74) is 0.0338. The van der Waals surface area contributed by atoms with E-state index in [9.17, 15) is 16.8 Å². The fourth-order valence-electron chi connectivity index (χ4n) is 1.35. The first-order valence-corrected chi connectivity index (χ1v) is 8.91. The van der Waals surface area contributed by atoms with Crippen LogP contribution in [-0.2, 0) is 20.0 Å². The second-order valence-corrected chi connectivity index (χ2v) is 7.37. The minimum absolute atomic E-state index is 0.0338. The monoisotopic (exact) mass is 350 g/mol. The number of hydrogen-bond donors (Lipinski definition) is 4. The van der Waals surface area contributed by atoms with Crippen molar-refractivity contribution in [1.29, 1.82) is 0 Å². The van der Waals surface area contributed by atoms with Crippen LogP contribution in [0.1, 0.15) is 0 Å². The molecule has 6 N–H and O–H groups in total. The van der Waals surface area contributed by atoms with Gasteiger partial charge in [0.25, 0.3) is 0 Å². The summed E-state index contributed by atoms with van der Waals surface area (Å²) in [5.74, 6) is 0. The van der Waals surface area contributed by atoms with Crippen LogP contribution in [0.15, 0.2) is 40.6 Å². The van der Waals surface area contributed by atoms with Gasteiger partial charge in [0.2, 0.25) is 20.0 Å². The normalized spacial score (nSPS) is 11.7. The van der Waals surface area contributed by atoms with E-state index in [4.69, 9.17) is 22.5 Å². The first-order valence-electron chi connectivity index (χ1n) is 5.41. The average Bonchev–Trinajstić information content (AvgIpc) is 2.34. The van der Waals surface area contributed by atoms with E-state index in [-0.39, 0.29) is 15.7 Å². The van der Waals surface area contributed by atoms with E-state index in [1.54, 1.807) is 6.08 Å². The van der Waals surface area contributed by atoms with Crippen LogP contribution in [-0.4, -0.2) is 28.5 Å². The lowest BCUT2D eigenvalue weighted by atomic mass is 10.3. The molecule has 0 radical (unpaired) electrons. The molecule has 0 aliphatic carbocycles. The van der Waals surface area contributed by atoms with Gasteiger partial charge in [-0.25, -0.2) is 27.1 Å². The maximum absolute atomic E-state index is 11.6. The molecule has 0 aliphatic heterocycles. The predicted octanol–water partition coefficient (Wildman–Crippen LogP) is -0.546. The van der Waals surface area contributed by atoms with Crippen molar-refractivity contribution in [3.8, 4) is 0 Å². The standard InChI is InChI=1S/C10H14N4O4S3/c1-2-5-13-10(19)14-8-4-3-7(20(11,15)16)6-9(8)21(12,17)18/h2-4,6H,1,5H2,(H2,11,15,16)(H2,12,17,18)(H2,13,14,19). The molecule has 0 aromatic heterocycles. The highest BCUT2D eigenvalue weighted by Crippen LogP contribution is 2.23. The van der Waals surface area contributed by atoms with Crippen molar-refractivity contribution in [2.75, 3.05) is 11.9 Å². The first kappa shape index (κ1) is 17.5. The average molecular weight is 350 g/mol. The molecule has 116 valence electrons. The first-order chi connectivity index (χ1) is 9.55. The van der Waals surface area contributed by atoms with Gasteiger partial charge in [0.05, 0.1) is 10.6 Å².